The normalized spacial score (nSPS) is 12.5. The molecule has 168 valence electrons. The van der Waals surface area contributed by atoms with Crippen LogP contribution in [-0.4, -0.2) is 40.0 Å². The van der Waals surface area contributed by atoms with E-state index in [0.717, 1.165) is 27.5 Å². The van der Waals surface area contributed by atoms with E-state index in [-0.39, 0.29) is 11.6 Å². The number of fused-ring (bicyclic) bond motifs is 3. The second-order valence-electron chi connectivity index (χ2n) is 7.98. The molecule has 4 heterocycles. The molecule has 1 aromatic carbocycles. The number of aromatic nitrogens is 8. The van der Waals surface area contributed by atoms with Crippen LogP contribution in [0.15, 0.2) is 35.3 Å². The van der Waals surface area contributed by atoms with E-state index in [2.05, 4.69) is 42.1 Å². The molecule has 0 saturated carbocycles. The number of nitrogens with one attached hydrogen (secondary N) is 2. The minimum atomic E-state index is -0.176. The molecule has 0 amide bonds. The van der Waals surface area contributed by atoms with Crippen molar-refractivity contribution < 1.29 is 0 Å². The van der Waals surface area contributed by atoms with E-state index in [1.165, 1.54) is 0 Å². The summed E-state index contributed by atoms with van der Waals surface area (Å²) in [5, 5.41) is 24.8. The number of halogens is 1. The Morgan fingerprint density at radius 2 is 2.06 bits per heavy atom. The van der Waals surface area contributed by atoms with Crippen LogP contribution in [0.25, 0.3) is 33.3 Å². The summed E-state index contributed by atoms with van der Waals surface area (Å²) in [6.07, 6.45) is 1.83. The first-order valence-electron chi connectivity index (χ1n) is 10.5. The summed E-state index contributed by atoms with van der Waals surface area (Å²) in [5.41, 5.74) is 3.96. The lowest BCUT2D eigenvalue weighted by atomic mass is 9.95. The fourth-order valence-electron chi connectivity index (χ4n) is 4.35. The molecule has 0 bridgehead atoms. The largest absolute Gasteiger partial charge is 0.377 e. The molecule has 1 unspecified atom stereocenters. The van der Waals surface area contributed by atoms with Crippen LogP contribution in [0.1, 0.15) is 31.0 Å². The number of nitrogens with zero attached hydrogens (tertiary/aromatic N) is 7. The first kappa shape index (κ1) is 21.1. The van der Waals surface area contributed by atoms with Gasteiger partial charge >= 0.3 is 0 Å². The predicted octanol–water partition coefficient (Wildman–Crippen LogP) is 3.62. The summed E-state index contributed by atoms with van der Waals surface area (Å²) >= 11 is 6.13. The van der Waals surface area contributed by atoms with Crippen molar-refractivity contribution in [2.75, 3.05) is 5.32 Å². The monoisotopic (exact) mass is 463 g/mol. The number of tetrazole rings is 1. The zero-order valence-corrected chi connectivity index (χ0v) is 19.3. The maximum absolute atomic E-state index is 13.3. The minimum Gasteiger partial charge on any atom is -0.377 e. The standard InChI is InChI=1S/C22H22ClN9O/c1-5-32-21-15(10-24-32)18-13(8-11(2)9-14(18)22(33)31(21)4)12(3)25-16-6-7-17(23)26-19(16)20-27-29-30-28-20/h6-10,12,25H,5H2,1-4H3,(H,27,28,29,30). The Kier molecular flexibility index (Phi) is 5.09. The highest BCUT2D eigenvalue weighted by Crippen LogP contribution is 2.34. The van der Waals surface area contributed by atoms with Crippen molar-refractivity contribution in [2.45, 2.75) is 33.4 Å². The Morgan fingerprint density at radius 3 is 2.79 bits per heavy atom. The Balaban J connectivity index is 1.71. The number of rotatable bonds is 5. The number of anilines is 1. The lowest BCUT2D eigenvalue weighted by molar-refractivity contribution is 0.659. The zero-order valence-electron chi connectivity index (χ0n) is 18.6. The van der Waals surface area contributed by atoms with Gasteiger partial charge in [0.1, 0.15) is 16.5 Å². The van der Waals surface area contributed by atoms with Crippen LogP contribution in [0.2, 0.25) is 5.15 Å². The molecule has 0 aliphatic heterocycles. The summed E-state index contributed by atoms with van der Waals surface area (Å²) in [5.74, 6) is 0.404. The molecule has 33 heavy (non-hydrogen) atoms. The molecule has 4 aromatic heterocycles. The topological polar surface area (TPSA) is 119 Å². The number of aryl methyl sites for hydroxylation is 3. The van der Waals surface area contributed by atoms with Gasteiger partial charge in [-0.1, -0.05) is 17.7 Å². The average molecular weight is 464 g/mol. The van der Waals surface area contributed by atoms with Crippen LogP contribution in [0, 0.1) is 6.92 Å². The number of hydrogen-bond acceptors (Lipinski definition) is 7. The van der Waals surface area contributed by atoms with Gasteiger partial charge in [-0.25, -0.2) is 14.8 Å². The number of hydrogen-bond donors (Lipinski definition) is 2. The van der Waals surface area contributed by atoms with Gasteiger partial charge in [-0.2, -0.15) is 5.10 Å². The summed E-state index contributed by atoms with van der Waals surface area (Å²) in [6.45, 7) is 6.71. The second kappa shape index (κ2) is 7.96. The lowest BCUT2D eigenvalue weighted by Gasteiger charge is -2.21. The van der Waals surface area contributed by atoms with Gasteiger partial charge in [0.05, 0.1) is 11.9 Å². The lowest BCUT2D eigenvalue weighted by Crippen LogP contribution is -2.20. The van der Waals surface area contributed by atoms with Gasteiger partial charge < -0.3 is 5.32 Å². The van der Waals surface area contributed by atoms with Crippen molar-refractivity contribution in [1.82, 2.24) is 40.0 Å². The fraction of sp³-hybridized carbons (Fsp3) is 0.273. The smallest absolute Gasteiger partial charge is 0.259 e. The van der Waals surface area contributed by atoms with Crippen molar-refractivity contribution in [1.29, 1.82) is 0 Å². The van der Waals surface area contributed by atoms with Gasteiger partial charge in [0.25, 0.3) is 5.56 Å². The quantitative estimate of drug-likeness (QED) is 0.382. The van der Waals surface area contributed by atoms with Crippen molar-refractivity contribution in [3.05, 3.63) is 57.1 Å². The van der Waals surface area contributed by atoms with Gasteiger partial charge in [-0.15, -0.1) is 5.10 Å². The third-order valence-corrected chi connectivity index (χ3v) is 6.03. The highest BCUT2D eigenvalue weighted by atomic mass is 35.5. The molecule has 0 aliphatic rings. The Labute approximate surface area is 193 Å². The molecule has 0 spiro atoms. The molecule has 0 saturated heterocycles. The Hall–Kier alpha value is -3.79. The summed E-state index contributed by atoms with van der Waals surface area (Å²) in [7, 11) is 1.79. The van der Waals surface area contributed by atoms with Crippen molar-refractivity contribution in [2.24, 2.45) is 7.05 Å². The molecule has 11 heteroatoms. The number of benzene rings is 1. The predicted molar refractivity (Wildman–Crippen MR) is 127 cm³/mol. The molecule has 10 nitrogen and oxygen atoms in total. The third-order valence-electron chi connectivity index (χ3n) is 5.82. The highest BCUT2D eigenvalue weighted by Gasteiger charge is 2.21. The number of H-pyrrole nitrogens is 1. The third kappa shape index (κ3) is 3.43. The molecule has 0 aliphatic carbocycles. The van der Waals surface area contributed by atoms with Gasteiger partial charge in [0.2, 0.25) is 0 Å². The molecule has 5 rings (SSSR count). The van der Waals surface area contributed by atoms with E-state index < -0.39 is 0 Å². The first-order valence-corrected chi connectivity index (χ1v) is 10.9. The van der Waals surface area contributed by atoms with Crippen LogP contribution >= 0.6 is 11.6 Å². The fourth-order valence-corrected chi connectivity index (χ4v) is 4.49. The SMILES string of the molecule is CCn1ncc2c3c(C(C)Nc4ccc(Cl)nc4-c4nnn[nH]4)cc(C)cc3c(=O)n(C)c21. The second-order valence-corrected chi connectivity index (χ2v) is 8.37. The van der Waals surface area contributed by atoms with E-state index in [0.29, 0.717) is 34.3 Å². The van der Waals surface area contributed by atoms with E-state index in [4.69, 9.17) is 11.6 Å². The summed E-state index contributed by atoms with van der Waals surface area (Å²) in [4.78, 5) is 17.7. The molecule has 1 atom stereocenters. The van der Waals surface area contributed by atoms with Gasteiger partial charge in [0, 0.05) is 35.8 Å². The molecular weight excluding hydrogens is 442 g/mol. The minimum absolute atomic E-state index is 0.0496. The maximum atomic E-state index is 13.3. The number of aromatic amines is 1. The molecular formula is C22H22ClN9O. The van der Waals surface area contributed by atoms with Crippen LogP contribution in [0.4, 0.5) is 5.69 Å². The van der Waals surface area contributed by atoms with E-state index in [9.17, 15) is 4.79 Å². The molecule has 0 fully saturated rings. The number of pyridine rings is 2. The van der Waals surface area contributed by atoms with E-state index in [1.54, 1.807) is 17.7 Å². The average Bonchev–Trinajstić information content (AvgIpc) is 3.48. The van der Waals surface area contributed by atoms with E-state index >= 15 is 0 Å². The first-order chi connectivity index (χ1) is 15.9. The molecule has 2 N–H and O–H groups in total. The van der Waals surface area contributed by atoms with Gasteiger partial charge in [-0.3, -0.25) is 9.36 Å². The molecule has 0 radical (unpaired) electrons. The van der Waals surface area contributed by atoms with Crippen molar-refractivity contribution >= 4 is 39.1 Å². The zero-order chi connectivity index (χ0) is 23.3. The van der Waals surface area contributed by atoms with Crippen molar-refractivity contribution in [3.8, 4) is 11.5 Å². The van der Waals surface area contributed by atoms with Crippen LogP contribution in [0.5, 0.6) is 0 Å². The van der Waals surface area contributed by atoms with Crippen LogP contribution in [0.3, 0.4) is 0 Å². The summed E-state index contributed by atoms with van der Waals surface area (Å²) in [6, 6.07) is 7.40. The van der Waals surface area contributed by atoms with Crippen LogP contribution in [-0.2, 0) is 13.6 Å². The maximum Gasteiger partial charge on any atom is 0.259 e. The Bertz CT molecular complexity index is 1550. The van der Waals surface area contributed by atoms with Crippen LogP contribution < -0.4 is 10.9 Å². The Morgan fingerprint density at radius 1 is 1.24 bits per heavy atom. The van der Waals surface area contributed by atoms with Gasteiger partial charge in [0.15, 0.2) is 5.82 Å². The summed E-state index contributed by atoms with van der Waals surface area (Å²) < 4.78 is 3.52. The highest BCUT2D eigenvalue weighted by molar-refractivity contribution is 6.29. The van der Waals surface area contributed by atoms with E-state index in [1.807, 2.05) is 43.8 Å². The van der Waals surface area contributed by atoms with Crippen molar-refractivity contribution in [3.63, 3.8) is 0 Å². The molecule has 5 aromatic rings. The van der Waals surface area contributed by atoms with Gasteiger partial charge in [-0.05, 0) is 60.5 Å².